The fourth-order valence-electron chi connectivity index (χ4n) is 1.83. The lowest BCUT2D eigenvalue weighted by Gasteiger charge is -2.08. The first-order chi connectivity index (χ1) is 12.2. The molecule has 0 radical (unpaired) electrons. The van der Waals surface area contributed by atoms with Crippen molar-refractivity contribution in [2.45, 2.75) is 19.7 Å². The van der Waals surface area contributed by atoms with Crippen LogP contribution in [0.25, 0.3) is 0 Å². The number of halogens is 3. The van der Waals surface area contributed by atoms with Gasteiger partial charge in [-0.05, 0) is 24.6 Å². The molecule has 0 unspecified atom stereocenters. The number of amides is 1. The minimum atomic E-state index is -4.41. The summed E-state index contributed by atoms with van der Waals surface area (Å²) in [6.07, 6.45) is -4.41. The molecule has 0 saturated carbocycles. The van der Waals surface area contributed by atoms with Crippen molar-refractivity contribution in [3.05, 3.63) is 47.2 Å². The molecule has 0 bridgehead atoms. The van der Waals surface area contributed by atoms with Gasteiger partial charge in [-0.2, -0.15) is 13.2 Å². The molecule has 1 amide bonds. The van der Waals surface area contributed by atoms with Gasteiger partial charge in [0.1, 0.15) is 12.4 Å². The third kappa shape index (κ3) is 6.43. The van der Waals surface area contributed by atoms with E-state index in [4.69, 9.17) is 9.26 Å². The lowest BCUT2D eigenvalue weighted by atomic mass is 10.1. The molecule has 10 heteroatoms. The number of rotatable bonds is 7. The molecule has 0 aliphatic carbocycles. The van der Waals surface area contributed by atoms with Crippen LogP contribution in [-0.2, 0) is 27.1 Å². The molecule has 1 aromatic heterocycles. The third-order valence-electron chi connectivity index (χ3n) is 3.03. The van der Waals surface area contributed by atoms with Crippen molar-refractivity contribution in [1.82, 2.24) is 5.16 Å². The van der Waals surface area contributed by atoms with E-state index in [1.807, 2.05) is 0 Å². The summed E-state index contributed by atoms with van der Waals surface area (Å²) in [7, 11) is 0. The lowest BCUT2D eigenvalue weighted by molar-refractivity contribution is -0.142. The van der Waals surface area contributed by atoms with Crippen LogP contribution in [0.5, 0.6) is 0 Å². The van der Waals surface area contributed by atoms with E-state index in [9.17, 15) is 22.8 Å². The molecule has 0 aliphatic heterocycles. The molecule has 1 heterocycles. The highest BCUT2D eigenvalue weighted by molar-refractivity contribution is 8.00. The van der Waals surface area contributed by atoms with Crippen LogP contribution >= 0.6 is 11.8 Å². The highest BCUT2D eigenvalue weighted by Crippen LogP contribution is 2.29. The number of alkyl halides is 3. The zero-order valence-electron chi connectivity index (χ0n) is 13.6. The van der Waals surface area contributed by atoms with Crippen LogP contribution in [0.4, 0.5) is 19.0 Å². The molecule has 0 fully saturated rings. The summed E-state index contributed by atoms with van der Waals surface area (Å²) in [5.41, 5.74) is -0.327. The van der Waals surface area contributed by atoms with Crippen molar-refractivity contribution in [3.8, 4) is 0 Å². The number of nitrogens with one attached hydrogen (secondary N) is 1. The maximum absolute atomic E-state index is 12.4. The van der Waals surface area contributed by atoms with Gasteiger partial charge in [-0.1, -0.05) is 17.3 Å². The average Bonchev–Trinajstić information content (AvgIpc) is 2.97. The van der Waals surface area contributed by atoms with Crippen molar-refractivity contribution in [3.63, 3.8) is 0 Å². The van der Waals surface area contributed by atoms with E-state index in [0.717, 1.165) is 23.9 Å². The number of carbonyl (C=O) groups excluding carboxylic acids is 2. The summed E-state index contributed by atoms with van der Waals surface area (Å²) in [6.45, 7) is 1.55. The van der Waals surface area contributed by atoms with Gasteiger partial charge in [0.05, 0.1) is 17.1 Å². The average molecular weight is 388 g/mol. The molecule has 2 rings (SSSR count). The number of hydrogen-bond donors (Lipinski definition) is 1. The first kappa shape index (κ1) is 19.8. The van der Waals surface area contributed by atoms with E-state index in [-0.39, 0.29) is 29.8 Å². The maximum atomic E-state index is 12.4. The predicted octanol–water partition coefficient (Wildman–Crippen LogP) is 3.42. The molecular formula is C16H15F3N2O4S. The Morgan fingerprint density at radius 3 is 2.50 bits per heavy atom. The summed E-state index contributed by atoms with van der Waals surface area (Å²) in [4.78, 5) is 23.2. The fourth-order valence-corrected chi connectivity index (χ4v) is 2.44. The Morgan fingerprint density at radius 1 is 1.23 bits per heavy atom. The van der Waals surface area contributed by atoms with E-state index < -0.39 is 17.7 Å². The summed E-state index contributed by atoms with van der Waals surface area (Å²) in [6, 6.07) is 5.90. The maximum Gasteiger partial charge on any atom is 0.416 e. The van der Waals surface area contributed by atoms with E-state index in [0.29, 0.717) is 11.3 Å². The zero-order chi connectivity index (χ0) is 19.2. The molecule has 26 heavy (non-hydrogen) atoms. The molecule has 0 spiro atoms. The Kier molecular flexibility index (Phi) is 6.67. The first-order valence-electron chi connectivity index (χ1n) is 7.37. The fraction of sp³-hybridized carbons (Fsp3) is 0.312. The highest BCUT2D eigenvalue weighted by atomic mass is 32.2. The van der Waals surface area contributed by atoms with E-state index >= 15 is 0 Å². The standard InChI is InChI=1S/C16H15F3N2O4S/c1-10-6-13(21-25-10)20-14(22)8-26-9-15(23)24-7-11-2-4-12(5-3-11)16(17,18)19/h2-6H,7-9H2,1H3,(H,20,21,22). The SMILES string of the molecule is Cc1cc(NC(=O)CSCC(=O)OCc2ccc(C(F)(F)F)cc2)no1. The Hall–Kier alpha value is -2.49. The van der Waals surface area contributed by atoms with Crippen LogP contribution in [0.15, 0.2) is 34.9 Å². The van der Waals surface area contributed by atoms with Crippen molar-refractivity contribution < 1.29 is 32.0 Å². The molecular weight excluding hydrogens is 373 g/mol. The molecule has 2 aromatic rings. The van der Waals surface area contributed by atoms with E-state index in [2.05, 4.69) is 10.5 Å². The molecule has 1 N–H and O–H groups in total. The van der Waals surface area contributed by atoms with Gasteiger partial charge in [-0.3, -0.25) is 9.59 Å². The number of esters is 1. The van der Waals surface area contributed by atoms with Crippen LogP contribution in [-0.4, -0.2) is 28.5 Å². The van der Waals surface area contributed by atoms with Gasteiger partial charge < -0.3 is 14.6 Å². The number of aryl methyl sites for hydroxylation is 1. The molecule has 0 aliphatic rings. The monoisotopic (exact) mass is 388 g/mol. The zero-order valence-corrected chi connectivity index (χ0v) is 14.4. The summed E-state index contributed by atoms with van der Waals surface area (Å²) < 4.78 is 47.1. The minimum absolute atomic E-state index is 0.0152. The number of aromatic nitrogens is 1. The minimum Gasteiger partial charge on any atom is -0.460 e. The van der Waals surface area contributed by atoms with Crippen LogP contribution in [0.1, 0.15) is 16.9 Å². The van der Waals surface area contributed by atoms with Crippen LogP contribution in [0.3, 0.4) is 0 Å². The molecule has 0 atom stereocenters. The van der Waals surface area contributed by atoms with Gasteiger partial charge >= 0.3 is 12.1 Å². The molecule has 6 nitrogen and oxygen atoms in total. The summed E-state index contributed by atoms with van der Waals surface area (Å²) in [5.74, 6) is -0.121. The number of ether oxygens (including phenoxy) is 1. The summed E-state index contributed by atoms with van der Waals surface area (Å²) in [5, 5.41) is 6.11. The first-order valence-corrected chi connectivity index (χ1v) is 8.52. The van der Waals surface area contributed by atoms with Crippen molar-refractivity contribution >= 4 is 29.5 Å². The van der Waals surface area contributed by atoms with Crippen LogP contribution < -0.4 is 5.32 Å². The normalized spacial score (nSPS) is 11.2. The Morgan fingerprint density at radius 2 is 1.92 bits per heavy atom. The number of benzene rings is 1. The van der Waals surface area contributed by atoms with Crippen LogP contribution in [0.2, 0.25) is 0 Å². The van der Waals surface area contributed by atoms with E-state index in [1.54, 1.807) is 13.0 Å². The van der Waals surface area contributed by atoms with E-state index in [1.165, 1.54) is 12.1 Å². The summed E-state index contributed by atoms with van der Waals surface area (Å²) >= 11 is 1.04. The molecule has 1 aromatic carbocycles. The Labute approximate surface area is 151 Å². The Balaban J connectivity index is 1.66. The van der Waals surface area contributed by atoms with Gasteiger partial charge in [0.2, 0.25) is 5.91 Å². The van der Waals surface area contributed by atoms with Gasteiger partial charge in [-0.15, -0.1) is 11.8 Å². The predicted molar refractivity (Wildman–Crippen MR) is 88.4 cm³/mol. The van der Waals surface area contributed by atoms with Crippen LogP contribution in [0, 0.1) is 6.92 Å². The number of thioether (sulfide) groups is 1. The quantitative estimate of drug-likeness (QED) is 0.732. The number of nitrogens with zero attached hydrogens (tertiary/aromatic N) is 1. The van der Waals surface area contributed by atoms with Crippen molar-refractivity contribution in [2.24, 2.45) is 0 Å². The number of anilines is 1. The number of carbonyl (C=O) groups is 2. The Bertz CT molecular complexity index is 760. The molecule has 0 saturated heterocycles. The van der Waals surface area contributed by atoms with Crippen molar-refractivity contribution in [2.75, 3.05) is 16.8 Å². The molecule has 140 valence electrons. The second kappa shape index (κ2) is 8.75. The topological polar surface area (TPSA) is 81.4 Å². The van der Waals surface area contributed by atoms with Gasteiger partial charge in [0.15, 0.2) is 5.82 Å². The largest absolute Gasteiger partial charge is 0.460 e. The van der Waals surface area contributed by atoms with Gasteiger partial charge in [0, 0.05) is 6.07 Å². The lowest BCUT2D eigenvalue weighted by Crippen LogP contribution is -2.16. The highest BCUT2D eigenvalue weighted by Gasteiger charge is 2.29. The third-order valence-corrected chi connectivity index (χ3v) is 3.94. The van der Waals surface area contributed by atoms with Gasteiger partial charge in [-0.25, -0.2) is 0 Å². The second-order valence-corrected chi connectivity index (χ2v) is 6.20. The van der Waals surface area contributed by atoms with Crippen molar-refractivity contribution in [1.29, 1.82) is 0 Å². The smallest absolute Gasteiger partial charge is 0.416 e. The number of hydrogen-bond acceptors (Lipinski definition) is 6. The van der Waals surface area contributed by atoms with Gasteiger partial charge in [0.25, 0.3) is 0 Å². The second-order valence-electron chi connectivity index (χ2n) is 5.22.